The maximum atomic E-state index is 11.4. The number of benzene rings is 3. The molecule has 2 aromatic heterocycles. The van der Waals surface area contributed by atoms with Crippen molar-refractivity contribution in [3.63, 3.8) is 0 Å². The number of aromatic nitrogens is 4. The van der Waals surface area contributed by atoms with Gasteiger partial charge in [-0.25, -0.2) is 14.5 Å². The minimum Gasteiger partial charge on any atom is -0.476 e. The number of anilines is 2. The van der Waals surface area contributed by atoms with Crippen LogP contribution >= 0.6 is 0 Å². The van der Waals surface area contributed by atoms with Gasteiger partial charge in [-0.2, -0.15) is 5.10 Å². The molecule has 0 radical (unpaired) electrons. The van der Waals surface area contributed by atoms with Gasteiger partial charge in [0.25, 0.3) is 0 Å². The third kappa shape index (κ3) is 3.29. The average molecular weight is 395 g/mol. The number of H-pyrrole nitrogens is 1. The van der Waals surface area contributed by atoms with E-state index in [2.05, 4.69) is 20.4 Å². The summed E-state index contributed by atoms with van der Waals surface area (Å²) >= 11 is 0. The molecule has 5 aromatic rings. The molecule has 0 aliphatic heterocycles. The molecule has 0 spiro atoms. The molecule has 2 heterocycles. The third-order valence-corrected chi connectivity index (χ3v) is 4.75. The summed E-state index contributed by atoms with van der Waals surface area (Å²) in [5.41, 5.74) is 4.42. The molecule has 7 nitrogen and oxygen atoms in total. The average Bonchev–Trinajstić information content (AvgIpc) is 3.39. The molecule has 0 aliphatic rings. The number of hydrogen-bond acceptors (Lipinski definition) is 4. The van der Waals surface area contributed by atoms with Crippen molar-refractivity contribution in [3.05, 3.63) is 90.6 Å². The predicted octanol–water partition coefficient (Wildman–Crippen LogP) is 4.86. The van der Waals surface area contributed by atoms with Crippen LogP contribution in [0.15, 0.2) is 84.9 Å². The van der Waals surface area contributed by atoms with E-state index in [4.69, 9.17) is 0 Å². The Morgan fingerprint density at radius 1 is 0.933 bits per heavy atom. The summed E-state index contributed by atoms with van der Waals surface area (Å²) in [5.74, 6) is 0.285. The normalized spacial score (nSPS) is 10.9. The Morgan fingerprint density at radius 2 is 1.67 bits per heavy atom. The van der Waals surface area contributed by atoms with Gasteiger partial charge in [-0.05, 0) is 48.5 Å². The summed E-state index contributed by atoms with van der Waals surface area (Å²) in [6, 6.07) is 26.6. The Balaban J connectivity index is 1.45. The van der Waals surface area contributed by atoms with Crippen LogP contribution in [-0.2, 0) is 0 Å². The van der Waals surface area contributed by atoms with Gasteiger partial charge in [0.15, 0.2) is 5.69 Å². The monoisotopic (exact) mass is 395 g/mol. The highest BCUT2D eigenvalue weighted by Gasteiger charge is 2.15. The second kappa shape index (κ2) is 7.21. The molecule has 7 heteroatoms. The van der Waals surface area contributed by atoms with Crippen LogP contribution < -0.4 is 5.32 Å². The molecule has 0 unspecified atom stereocenters. The van der Waals surface area contributed by atoms with Gasteiger partial charge < -0.3 is 15.4 Å². The van der Waals surface area contributed by atoms with Crippen LogP contribution in [-0.4, -0.2) is 30.8 Å². The summed E-state index contributed by atoms with van der Waals surface area (Å²) < 4.78 is 1.58. The molecule has 0 aliphatic carbocycles. The van der Waals surface area contributed by atoms with Crippen LogP contribution in [0, 0.1) is 0 Å². The molecule has 3 aromatic carbocycles. The van der Waals surface area contributed by atoms with Gasteiger partial charge in [-0.15, -0.1) is 0 Å². The number of para-hydroxylation sites is 3. The molecular formula is C23H17N5O2. The van der Waals surface area contributed by atoms with Gasteiger partial charge in [0.05, 0.1) is 16.7 Å². The zero-order valence-corrected chi connectivity index (χ0v) is 15.8. The Morgan fingerprint density at radius 3 is 2.40 bits per heavy atom. The maximum Gasteiger partial charge on any atom is 0.356 e. The zero-order chi connectivity index (χ0) is 20.5. The second-order valence-electron chi connectivity index (χ2n) is 6.77. The van der Waals surface area contributed by atoms with Crippen molar-refractivity contribution in [2.24, 2.45) is 0 Å². The largest absolute Gasteiger partial charge is 0.476 e. The summed E-state index contributed by atoms with van der Waals surface area (Å²) in [7, 11) is 0. The highest BCUT2D eigenvalue weighted by molar-refractivity contribution is 5.87. The first-order valence-corrected chi connectivity index (χ1v) is 9.38. The number of fused-ring (bicyclic) bond motifs is 1. The summed E-state index contributed by atoms with van der Waals surface area (Å²) in [4.78, 5) is 19.3. The van der Waals surface area contributed by atoms with E-state index < -0.39 is 5.97 Å². The number of nitrogens with one attached hydrogen (secondary N) is 2. The van der Waals surface area contributed by atoms with Crippen LogP contribution in [0.4, 0.5) is 11.5 Å². The fourth-order valence-electron chi connectivity index (χ4n) is 3.29. The smallest absolute Gasteiger partial charge is 0.356 e. The van der Waals surface area contributed by atoms with E-state index in [1.54, 1.807) is 4.68 Å². The maximum absolute atomic E-state index is 11.4. The van der Waals surface area contributed by atoms with Crippen molar-refractivity contribution in [1.29, 1.82) is 0 Å². The number of carboxylic acids is 1. The lowest BCUT2D eigenvalue weighted by molar-refractivity contribution is 0.0690. The first-order chi connectivity index (χ1) is 14.7. The van der Waals surface area contributed by atoms with Gasteiger partial charge in [0, 0.05) is 17.3 Å². The number of carbonyl (C=O) groups is 1. The molecule has 30 heavy (non-hydrogen) atoms. The predicted molar refractivity (Wildman–Crippen MR) is 115 cm³/mol. The lowest BCUT2D eigenvalue weighted by atomic mass is 10.2. The van der Waals surface area contributed by atoms with E-state index in [-0.39, 0.29) is 5.69 Å². The number of aromatic amines is 1. The minimum absolute atomic E-state index is 0.0275. The topological polar surface area (TPSA) is 95.8 Å². The quantitative estimate of drug-likeness (QED) is 0.395. The molecule has 0 amide bonds. The molecule has 0 atom stereocenters. The Bertz CT molecular complexity index is 1300. The van der Waals surface area contributed by atoms with E-state index >= 15 is 0 Å². The molecule has 0 saturated carbocycles. The molecule has 3 N–H and O–H groups in total. The standard InChI is InChI=1S/C23H17N5O2/c29-23(30)20-14-21(28(27-20)17-6-2-1-3-7-17)24-16-12-10-15(11-13-16)22-25-18-8-4-5-9-19(18)26-22/h1-14,24H,(H,25,26)(H,29,30). The SMILES string of the molecule is O=C(O)c1cc(Nc2ccc(-c3nc4ccccc4[nH]3)cc2)n(-c2ccccc2)n1. The number of hydrogen-bond donors (Lipinski definition) is 3. The van der Waals surface area contributed by atoms with E-state index in [1.807, 2.05) is 78.9 Å². The van der Waals surface area contributed by atoms with Gasteiger partial charge in [0.2, 0.25) is 0 Å². The molecule has 0 bridgehead atoms. The first kappa shape index (κ1) is 17.7. The van der Waals surface area contributed by atoms with Crippen molar-refractivity contribution in [2.45, 2.75) is 0 Å². The van der Waals surface area contributed by atoms with Crippen LogP contribution in [0.5, 0.6) is 0 Å². The highest BCUT2D eigenvalue weighted by atomic mass is 16.4. The molecular weight excluding hydrogens is 378 g/mol. The van der Waals surface area contributed by atoms with Crippen LogP contribution in [0.3, 0.4) is 0 Å². The van der Waals surface area contributed by atoms with Gasteiger partial charge in [0.1, 0.15) is 11.6 Å². The number of aromatic carboxylic acids is 1. The zero-order valence-electron chi connectivity index (χ0n) is 15.8. The molecule has 0 saturated heterocycles. The lowest BCUT2D eigenvalue weighted by Crippen LogP contribution is -2.03. The van der Waals surface area contributed by atoms with Gasteiger partial charge in [-0.1, -0.05) is 30.3 Å². The number of nitrogens with zero attached hydrogens (tertiary/aromatic N) is 3. The van der Waals surface area contributed by atoms with Crippen LogP contribution in [0.1, 0.15) is 10.5 Å². The Hall–Kier alpha value is -4.39. The number of rotatable bonds is 5. The minimum atomic E-state index is -1.08. The fourth-order valence-corrected chi connectivity index (χ4v) is 3.29. The lowest BCUT2D eigenvalue weighted by Gasteiger charge is -2.10. The summed E-state index contributed by atoms with van der Waals surface area (Å²) in [6.45, 7) is 0. The number of imidazole rings is 1. The first-order valence-electron chi connectivity index (χ1n) is 9.38. The summed E-state index contributed by atoms with van der Waals surface area (Å²) in [5, 5.41) is 16.8. The molecule has 5 rings (SSSR count). The van der Waals surface area contributed by atoms with Crippen molar-refractivity contribution < 1.29 is 9.90 Å². The third-order valence-electron chi connectivity index (χ3n) is 4.75. The second-order valence-corrected chi connectivity index (χ2v) is 6.77. The van der Waals surface area contributed by atoms with E-state index in [9.17, 15) is 9.90 Å². The van der Waals surface area contributed by atoms with Gasteiger partial charge in [-0.3, -0.25) is 0 Å². The fraction of sp³-hybridized carbons (Fsp3) is 0. The highest BCUT2D eigenvalue weighted by Crippen LogP contribution is 2.25. The Kier molecular flexibility index (Phi) is 4.25. The van der Waals surface area contributed by atoms with Crippen LogP contribution in [0.2, 0.25) is 0 Å². The van der Waals surface area contributed by atoms with Crippen LogP contribution in [0.25, 0.3) is 28.1 Å². The van der Waals surface area contributed by atoms with E-state index in [1.165, 1.54) is 6.07 Å². The van der Waals surface area contributed by atoms with Crippen molar-refractivity contribution in [1.82, 2.24) is 19.7 Å². The van der Waals surface area contributed by atoms with Crippen molar-refractivity contribution >= 4 is 28.5 Å². The van der Waals surface area contributed by atoms with Crippen molar-refractivity contribution in [2.75, 3.05) is 5.32 Å². The molecule has 146 valence electrons. The van der Waals surface area contributed by atoms with E-state index in [0.717, 1.165) is 33.8 Å². The number of carboxylic acid groups (broad SMARTS) is 1. The van der Waals surface area contributed by atoms with Crippen molar-refractivity contribution in [3.8, 4) is 17.1 Å². The van der Waals surface area contributed by atoms with Gasteiger partial charge >= 0.3 is 5.97 Å². The summed E-state index contributed by atoms with van der Waals surface area (Å²) in [6.07, 6.45) is 0. The molecule has 0 fully saturated rings. The van der Waals surface area contributed by atoms with E-state index in [0.29, 0.717) is 5.82 Å². The Labute approximate surface area is 171 Å².